The van der Waals surface area contributed by atoms with E-state index >= 15 is 0 Å². The molecule has 1 aromatic carbocycles. The lowest BCUT2D eigenvalue weighted by atomic mass is 10.2. The van der Waals surface area contributed by atoms with Crippen molar-refractivity contribution in [2.24, 2.45) is 0 Å². The molecule has 0 radical (unpaired) electrons. The molecule has 0 fully saturated rings. The molecule has 1 aromatic heterocycles. The fraction of sp³-hybridized carbons (Fsp3) is 0.214. The first kappa shape index (κ1) is 14.3. The van der Waals surface area contributed by atoms with E-state index in [2.05, 4.69) is 0 Å². The predicted molar refractivity (Wildman–Crippen MR) is 75.9 cm³/mol. The Morgan fingerprint density at radius 1 is 1.05 bits per heavy atom. The Morgan fingerprint density at radius 2 is 1.70 bits per heavy atom. The zero-order valence-corrected chi connectivity index (χ0v) is 12.5. The van der Waals surface area contributed by atoms with Crippen LogP contribution in [0.2, 0.25) is 0 Å². The summed E-state index contributed by atoms with van der Waals surface area (Å²) >= 11 is 0. The van der Waals surface area contributed by atoms with Crippen LogP contribution in [0.3, 0.4) is 0 Å². The molecule has 20 heavy (non-hydrogen) atoms. The number of aromatic nitrogens is 1. The molecule has 0 bridgehead atoms. The van der Waals surface area contributed by atoms with Crippen LogP contribution in [-0.2, 0) is 10.1 Å². The van der Waals surface area contributed by atoms with Gasteiger partial charge >= 0.3 is 15.9 Å². The van der Waals surface area contributed by atoms with Gasteiger partial charge in [0.2, 0.25) is 0 Å². The Labute approximate surface area is 119 Å². The van der Waals surface area contributed by atoms with E-state index in [-0.39, 0.29) is 4.90 Å². The Hall–Kier alpha value is -2.08. The SMILES string of the molecule is Cc1ccc(S(=O)(=O)O[n+]2ccccc2N(C)C)cc1. The maximum atomic E-state index is 12.2. The average molecular weight is 293 g/mol. The second-order valence-electron chi connectivity index (χ2n) is 4.62. The van der Waals surface area contributed by atoms with Gasteiger partial charge in [0.25, 0.3) is 0 Å². The van der Waals surface area contributed by atoms with Crippen LogP contribution in [0.25, 0.3) is 0 Å². The van der Waals surface area contributed by atoms with Crippen molar-refractivity contribution >= 4 is 15.9 Å². The third-order valence-electron chi connectivity index (χ3n) is 2.75. The Kier molecular flexibility index (Phi) is 3.94. The summed E-state index contributed by atoms with van der Waals surface area (Å²) in [5.74, 6) is 0.628. The summed E-state index contributed by atoms with van der Waals surface area (Å²) < 4.78 is 30.9. The van der Waals surface area contributed by atoms with Gasteiger partial charge in [-0.15, -0.1) is 0 Å². The molecule has 0 spiro atoms. The van der Waals surface area contributed by atoms with Crippen molar-refractivity contribution in [2.45, 2.75) is 11.8 Å². The van der Waals surface area contributed by atoms with Crippen LogP contribution in [0.1, 0.15) is 5.56 Å². The van der Waals surface area contributed by atoms with Crippen LogP contribution in [-0.4, -0.2) is 22.5 Å². The summed E-state index contributed by atoms with van der Waals surface area (Å²) in [5.41, 5.74) is 0.991. The number of anilines is 1. The molecule has 106 valence electrons. The van der Waals surface area contributed by atoms with Gasteiger partial charge in [-0.2, -0.15) is 12.7 Å². The van der Waals surface area contributed by atoms with Crippen molar-refractivity contribution in [2.75, 3.05) is 19.0 Å². The Balaban J connectivity index is 2.36. The molecule has 0 saturated heterocycles. The van der Waals surface area contributed by atoms with Crippen LogP contribution >= 0.6 is 0 Å². The van der Waals surface area contributed by atoms with Gasteiger partial charge in [0.05, 0.1) is 14.1 Å². The van der Waals surface area contributed by atoms with Crippen LogP contribution < -0.4 is 13.9 Å². The standard InChI is InChI=1S/C14H17N2O3S/c1-12-7-9-13(10-8-12)20(17,18)19-16-11-5-4-6-14(16)15(2)3/h4-11H,1-3H3/q+1. The molecule has 2 rings (SSSR count). The highest BCUT2D eigenvalue weighted by Crippen LogP contribution is 2.11. The maximum absolute atomic E-state index is 12.2. The van der Waals surface area contributed by atoms with E-state index in [0.29, 0.717) is 5.82 Å². The highest BCUT2D eigenvalue weighted by molar-refractivity contribution is 7.86. The number of nitrogens with zero attached hydrogens (tertiary/aromatic N) is 2. The van der Waals surface area contributed by atoms with Crippen LogP contribution in [0, 0.1) is 6.92 Å². The molecule has 0 aliphatic heterocycles. The monoisotopic (exact) mass is 293 g/mol. The fourth-order valence-corrected chi connectivity index (χ4v) is 2.58. The van der Waals surface area contributed by atoms with E-state index in [9.17, 15) is 8.42 Å². The zero-order chi connectivity index (χ0) is 14.8. The molecule has 0 unspecified atom stereocenters. The third kappa shape index (κ3) is 3.08. The number of pyridine rings is 1. The van der Waals surface area contributed by atoms with Crippen LogP contribution in [0.15, 0.2) is 53.6 Å². The molecule has 1 heterocycles. The Bertz CT molecular complexity index is 695. The molecule has 0 N–H and O–H groups in total. The second-order valence-corrected chi connectivity index (χ2v) is 6.15. The van der Waals surface area contributed by atoms with Crippen molar-refractivity contribution < 1.29 is 17.4 Å². The highest BCUT2D eigenvalue weighted by atomic mass is 32.2. The average Bonchev–Trinajstić information content (AvgIpc) is 2.39. The summed E-state index contributed by atoms with van der Waals surface area (Å²) in [7, 11) is -0.223. The lowest BCUT2D eigenvalue weighted by molar-refractivity contribution is -0.845. The highest BCUT2D eigenvalue weighted by Gasteiger charge is 2.22. The van der Waals surface area contributed by atoms with Gasteiger partial charge in [-0.25, -0.2) is 0 Å². The lowest BCUT2D eigenvalue weighted by Crippen LogP contribution is -2.48. The summed E-state index contributed by atoms with van der Waals surface area (Å²) in [4.78, 5) is 1.90. The molecule has 5 nitrogen and oxygen atoms in total. The predicted octanol–water partition coefficient (Wildman–Crippen LogP) is 1.17. The molecule has 6 heteroatoms. The van der Waals surface area contributed by atoms with Crippen LogP contribution in [0.4, 0.5) is 5.82 Å². The van der Waals surface area contributed by atoms with Gasteiger partial charge in [0.1, 0.15) is 11.1 Å². The van der Waals surface area contributed by atoms with E-state index in [1.54, 1.807) is 35.4 Å². The molecule has 0 saturated carbocycles. The number of rotatable bonds is 4. The normalized spacial score (nSPS) is 11.2. The topological polar surface area (TPSA) is 50.5 Å². The van der Waals surface area contributed by atoms with Crippen molar-refractivity contribution in [3.8, 4) is 0 Å². The molecule has 0 aliphatic rings. The van der Waals surface area contributed by atoms with Crippen molar-refractivity contribution in [3.05, 3.63) is 54.2 Å². The lowest BCUT2D eigenvalue weighted by Gasteiger charge is -2.10. The van der Waals surface area contributed by atoms with E-state index in [4.69, 9.17) is 4.28 Å². The Morgan fingerprint density at radius 3 is 2.30 bits per heavy atom. The van der Waals surface area contributed by atoms with Gasteiger partial charge in [-0.3, -0.25) is 4.90 Å². The van der Waals surface area contributed by atoms with Crippen molar-refractivity contribution in [1.29, 1.82) is 0 Å². The van der Waals surface area contributed by atoms with Gasteiger partial charge < -0.3 is 0 Å². The number of hydrogen-bond donors (Lipinski definition) is 0. The first-order valence-electron chi connectivity index (χ1n) is 6.10. The van der Waals surface area contributed by atoms with E-state index < -0.39 is 10.1 Å². The van der Waals surface area contributed by atoms with E-state index in [1.165, 1.54) is 16.9 Å². The smallest absolute Gasteiger partial charge is 0.264 e. The molecule has 0 aliphatic carbocycles. The molecule has 0 amide bonds. The van der Waals surface area contributed by atoms with Gasteiger partial charge in [0, 0.05) is 6.07 Å². The van der Waals surface area contributed by atoms with Gasteiger partial charge in [-0.05, 0) is 29.9 Å². The minimum Gasteiger partial charge on any atom is -0.264 e. The number of benzene rings is 1. The molecular formula is C14H17N2O3S+. The molecular weight excluding hydrogens is 276 g/mol. The maximum Gasteiger partial charge on any atom is 0.376 e. The van der Waals surface area contributed by atoms with Gasteiger partial charge in [-0.1, -0.05) is 23.8 Å². The van der Waals surface area contributed by atoms with Crippen molar-refractivity contribution in [1.82, 2.24) is 0 Å². The zero-order valence-electron chi connectivity index (χ0n) is 11.6. The fourth-order valence-electron chi connectivity index (χ4n) is 1.68. The summed E-state index contributed by atoms with van der Waals surface area (Å²) in [5, 5.41) is 0. The first-order valence-corrected chi connectivity index (χ1v) is 7.50. The third-order valence-corrected chi connectivity index (χ3v) is 3.96. The number of aryl methyl sites for hydroxylation is 1. The van der Waals surface area contributed by atoms with Gasteiger partial charge in [0.15, 0.2) is 0 Å². The number of hydrogen-bond acceptors (Lipinski definition) is 4. The summed E-state index contributed by atoms with van der Waals surface area (Å²) in [6.07, 6.45) is 1.56. The van der Waals surface area contributed by atoms with Crippen molar-refractivity contribution in [3.63, 3.8) is 0 Å². The van der Waals surface area contributed by atoms with E-state index in [0.717, 1.165) is 5.56 Å². The summed E-state index contributed by atoms with van der Waals surface area (Å²) in [6, 6.07) is 11.8. The minimum atomic E-state index is -3.85. The quantitative estimate of drug-likeness (QED) is 0.794. The minimum absolute atomic E-state index is 0.129. The molecule has 2 aromatic rings. The molecule has 0 atom stereocenters. The second kappa shape index (κ2) is 5.50. The van der Waals surface area contributed by atoms with E-state index in [1.807, 2.05) is 27.1 Å². The first-order chi connectivity index (χ1) is 9.40. The largest absolute Gasteiger partial charge is 0.376 e. The van der Waals surface area contributed by atoms with Crippen LogP contribution in [0.5, 0.6) is 0 Å². The summed E-state index contributed by atoms with van der Waals surface area (Å²) in [6.45, 7) is 1.90.